The van der Waals surface area contributed by atoms with Crippen LogP contribution in [0.4, 0.5) is 0 Å². The number of hydrogen-bond donors (Lipinski definition) is 0. The van der Waals surface area contributed by atoms with Gasteiger partial charge in [-0.1, -0.05) is 30.3 Å². The Labute approximate surface area is 111 Å². The van der Waals surface area contributed by atoms with Crippen molar-refractivity contribution >= 4 is 25.3 Å². The lowest BCUT2D eigenvalue weighted by atomic mass is 9.92. The van der Waals surface area contributed by atoms with Gasteiger partial charge < -0.3 is 4.55 Å². The lowest BCUT2D eigenvalue weighted by molar-refractivity contribution is -0.123. The van der Waals surface area contributed by atoms with E-state index in [-0.39, 0.29) is 5.91 Å². The normalized spacial score (nSPS) is 20.6. The molecular weight excluding hydrogens is 247 g/mol. The van der Waals surface area contributed by atoms with Crippen LogP contribution in [0.2, 0.25) is 0 Å². The first kappa shape index (κ1) is 13.0. The zero-order valence-electron chi connectivity index (χ0n) is 10.7. The van der Waals surface area contributed by atoms with Gasteiger partial charge in [0, 0.05) is 5.47 Å². The minimum absolute atomic E-state index is 0.159. The molecule has 18 heavy (non-hydrogen) atoms. The standard InChI is InChI=1S/C12H15BN2O2S/c1-9-11(13)12(16)15(18(17)14(9)2)8-10-6-4-3-5-7-10/h3-7H,8,13H2,1-2H3. The van der Waals surface area contributed by atoms with Crippen molar-refractivity contribution in [3.05, 3.63) is 47.1 Å². The van der Waals surface area contributed by atoms with Gasteiger partial charge in [-0.3, -0.25) is 4.79 Å². The molecule has 1 aliphatic heterocycles. The quantitative estimate of drug-likeness (QED) is 0.572. The first-order chi connectivity index (χ1) is 8.52. The molecule has 0 aliphatic carbocycles. The fourth-order valence-corrected chi connectivity index (χ4v) is 3.00. The monoisotopic (exact) mass is 262 g/mol. The Kier molecular flexibility index (Phi) is 3.68. The Balaban J connectivity index is 2.26. The van der Waals surface area contributed by atoms with Crippen LogP contribution >= 0.6 is 0 Å². The molecule has 1 heterocycles. The minimum atomic E-state index is -1.44. The summed E-state index contributed by atoms with van der Waals surface area (Å²) in [6.07, 6.45) is 0. The molecule has 0 spiro atoms. The maximum absolute atomic E-state index is 12.2. The second-order valence-electron chi connectivity index (χ2n) is 4.27. The highest BCUT2D eigenvalue weighted by Crippen LogP contribution is 2.24. The summed E-state index contributed by atoms with van der Waals surface area (Å²) in [5, 5.41) is 0. The van der Waals surface area contributed by atoms with E-state index < -0.39 is 11.5 Å². The molecule has 4 nitrogen and oxygen atoms in total. The van der Waals surface area contributed by atoms with Gasteiger partial charge in [0.25, 0.3) is 5.91 Å². The van der Waals surface area contributed by atoms with Crippen molar-refractivity contribution < 1.29 is 9.35 Å². The molecule has 2 rings (SSSR count). The van der Waals surface area contributed by atoms with Crippen LogP contribution in [0, 0.1) is 0 Å². The summed E-state index contributed by atoms with van der Waals surface area (Å²) in [5.74, 6) is -0.159. The van der Waals surface area contributed by atoms with Crippen molar-refractivity contribution in [1.82, 2.24) is 8.61 Å². The second kappa shape index (κ2) is 5.08. The third-order valence-electron chi connectivity index (χ3n) is 3.15. The number of benzene rings is 1. The van der Waals surface area contributed by atoms with E-state index in [0.717, 1.165) is 11.3 Å². The van der Waals surface area contributed by atoms with Crippen molar-refractivity contribution in [1.29, 1.82) is 0 Å². The average Bonchev–Trinajstić information content (AvgIpc) is 2.40. The van der Waals surface area contributed by atoms with E-state index in [4.69, 9.17) is 0 Å². The smallest absolute Gasteiger partial charge is 0.285 e. The fourth-order valence-electron chi connectivity index (χ4n) is 1.79. The number of rotatable bonds is 2. The molecule has 0 saturated heterocycles. The van der Waals surface area contributed by atoms with Crippen LogP contribution in [0.1, 0.15) is 12.5 Å². The molecule has 0 radical (unpaired) electrons. The highest BCUT2D eigenvalue weighted by atomic mass is 32.2. The number of hydrogen-bond acceptors (Lipinski definition) is 3. The molecule has 1 aliphatic rings. The number of amides is 1. The Hall–Kier alpha value is -1.40. The van der Waals surface area contributed by atoms with Crippen LogP contribution in [0.25, 0.3) is 0 Å². The van der Waals surface area contributed by atoms with Crippen molar-refractivity contribution in [2.75, 3.05) is 7.05 Å². The third-order valence-corrected chi connectivity index (χ3v) is 4.57. The van der Waals surface area contributed by atoms with Crippen molar-refractivity contribution in [2.45, 2.75) is 13.5 Å². The molecule has 1 amide bonds. The van der Waals surface area contributed by atoms with Gasteiger partial charge in [0.05, 0.1) is 19.3 Å². The highest BCUT2D eigenvalue weighted by Gasteiger charge is 2.37. The van der Waals surface area contributed by atoms with Gasteiger partial charge in [0.15, 0.2) is 0 Å². The van der Waals surface area contributed by atoms with E-state index in [1.54, 1.807) is 19.2 Å². The number of carbonyl (C=O) groups excluding carboxylic acids is 1. The predicted molar refractivity (Wildman–Crippen MR) is 74.1 cm³/mol. The maximum atomic E-state index is 12.2. The van der Waals surface area contributed by atoms with E-state index in [1.807, 2.05) is 37.3 Å². The van der Waals surface area contributed by atoms with Gasteiger partial charge in [0.1, 0.15) is 7.85 Å². The number of carbonyl (C=O) groups is 1. The Morgan fingerprint density at radius 2 is 1.94 bits per heavy atom. The molecule has 0 aromatic heterocycles. The first-order valence-electron chi connectivity index (χ1n) is 5.71. The summed E-state index contributed by atoms with van der Waals surface area (Å²) < 4.78 is 15.2. The Bertz CT molecular complexity index is 492. The summed E-state index contributed by atoms with van der Waals surface area (Å²) in [4.78, 5) is 12.1. The highest BCUT2D eigenvalue weighted by molar-refractivity contribution is 7.87. The molecule has 0 N–H and O–H groups in total. The molecule has 1 atom stereocenters. The molecule has 0 fully saturated rings. The Morgan fingerprint density at radius 3 is 2.56 bits per heavy atom. The zero-order valence-corrected chi connectivity index (χ0v) is 11.5. The molecule has 6 heteroatoms. The second-order valence-corrected chi connectivity index (χ2v) is 5.72. The van der Waals surface area contributed by atoms with Gasteiger partial charge in [-0.05, 0) is 12.5 Å². The number of nitrogens with zero attached hydrogens (tertiary/aromatic N) is 2. The zero-order chi connectivity index (χ0) is 13.3. The van der Waals surface area contributed by atoms with Gasteiger partial charge in [-0.2, -0.15) is 4.31 Å². The largest absolute Gasteiger partial charge is 0.568 e. The first-order valence-corrected chi connectivity index (χ1v) is 6.77. The fraction of sp³-hybridized carbons (Fsp3) is 0.250. The topological polar surface area (TPSA) is 46.6 Å². The molecule has 94 valence electrons. The van der Waals surface area contributed by atoms with E-state index in [2.05, 4.69) is 0 Å². The molecular formula is C12H15BN2O2S. The lowest BCUT2D eigenvalue weighted by Crippen LogP contribution is -2.49. The number of allylic oxidation sites excluding steroid dienone is 1. The summed E-state index contributed by atoms with van der Waals surface area (Å²) in [7, 11) is 3.50. The van der Waals surface area contributed by atoms with Crippen LogP contribution in [-0.4, -0.2) is 34.0 Å². The maximum Gasteiger partial charge on any atom is 0.285 e. The molecule has 0 saturated carbocycles. The Morgan fingerprint density at radius 1 is 1.33 bits per heavy atom. The SMILES string of the molecule is BC1=C(C)N(C)[S+]([O-])N(Cc2ccccc2)C1=O. The van der Waals surface area contributed by atoms with Crippen molar-refractivity contribution in [2.24, 2.45) is 0 Å². The van der Waals surface area contributed by atoms with Gasteiger partial charge in [-0.25, -0.2) is 0 Å². The molecule has 1 aromatic carbocycles. The average molecular weight is 262 g/mol. The van der Waals surface area contributed by atoms with Crippen LogP contribution < -0.4 is 0 Å². The van der Waals surface area contributed by atoms with E-state index >= 15 is 0 Å². The van der Waals surface area contributed by atoms with Crippen LogP contribution in [-0.2, 0) is 22.9 Å². The summed E-state index contributed by atoms with van der Waals surface area (Å²) >= 11 is -1.44. The van der Waals surface area contributed by atoms with Crippen LogP contribution in [0.3, 0.4) is 0 Å². The summed E-state index contributed by atoms with van der Waals surface area (Å²) in [6.45, 7) is 2.17. The van der Waals surface area contributed by atoms with Crippen LogP contribution in [0.15, 0.2) is 41.5 Å². The van der Waals surface area contributed by atoms with Gasteiger partial charge >= 0.3 is 0 Å². The van der Waals surface area contributed by atoms with Crippen LogP contribution in [0.5, 0.6) is 0 Å². The van der Waals surface area contributed by atoms with Gasteiger partial charge in [-0.15, -0.1) is 4.31 Å². The third kappa shape index (κ3) is 2.26. The molecule has 1 aromatic rings. The lowest BCUT2D eigenvalue weighted by Gasteiger charge is -2.34. The summed E-state index contributed by atoms with van der Waals surface area (Å²) in [6, 6.07) is 9.57. The van der Waals surface area contributed by atoms with E-state index in [9.17, 15) is 9.35 Å². The van der Waals surface area contributed by atoms with E-state index in [1.165, 1.54) is 4.31 Å². The molecule has 0 bridgehead atoms. The predicted octanol–water partition coefficient (Wildman–Crippen LogP) is 0.404. The van der Waals surface area contributed by atoms with Crippen molar-refractivity contribution in [3.63, 3.8) is 0 Å². The minimum Gasteiger partial charge on any atom is -0.568 e. The van der Waals surface area contributed by atoms with Crippen molar-refractivity contribution in [3.8, 4) is 0 Å². The van der Waals surface area contributed by atoms with Gasteiger partial charge in [0.2, 0.25) is 11.5 Å². The van der Waals surface area contributed by atoms with E-state index in [0.29, 0.717) is 12.0 Å². The summed E-state index contributed by atoms with van der Waals surface area (Å²) in [5.41, 5.74) is 2.38. The molecule has 1 unspecified atom stereocenters.